The molecule has 2 N–H and O–H groups in total. The number of allylic oxidation sites excluding steroid dienone is 2. The van der Waals surface area contributed by atoms with Crippen molar-refractivity contribution in [3.63, 3.8) is 0 Å². The van der Waals surface area contributed by atoms with Gasteiger partial charge in [0.25, 0.3) is 0 Å². The van der Waals surface area contributed by atoms with Gasteiger partial charge in [0.2, 0.25) is 0 Å². The second-order valence-electron chi connectivity index (χ2n) is 4.38. The molecular weight excluding hydrogens is 176 g/mol. The molecule has 0 aliphatic heterocycles. The summed E-state index contributed by atoms with van der Waals surface area (Å²) in [6.07, 6.45) is 4.16. The highest BCUT2D eigenvalue weighted by Gasteiger charge is 2.34. The Morgan fingerprint density at radius 1 is 1.71 bits per heavy atom. The predicted molar refractivity (Wildman–Crippen MR) is 57.9 cm³/mol. The Morgan fingerprint density at radius 3 is 2.86 bits per heavy atom. The van der Waals surface area contributed by atoms with Crippen LogP contribution < -0.4 is 0 Å². The Labute approximate surface area is 86.0 Å². The Morgan fingerprint density at radius 2 is 2.36 bits per heavy atom. The van der Waals surface area contributed by atoms with Crippen molar-refractivity contribution < 1.29 is 10.2 Å². The molecule has 2 heteroatoms. The molecule has 0 radical (unpaired) electrons. The lowest BCUT2D eigenvalue weighted by atomic mass is 9.74. The third-order valence-corrected chi connectivity index (χ3v) is 3.25. The Hall–Kier alpha value is -0.600. The first-order chi connectivity index (χ1) is 6.49. The van der Waals surface area contributed by atoms with Crippen LogP contribution in [-0.2, 0) is 0 Å². The molecule has 1 aliphatic carbocycles. The van der Waals surface area contributed by atoms with Gasteiger partial charge in [-0.05, 0) is 38.2 Å². The third kappa shape index (κ3) is 2.25. The summed E-state index contributed by atoms with van der Waals surface area (Å²) in [6, 6.07) is 0. The van der Waals surface area contributed by atoms with Gasteiger partial charge in [0.1, 0.15) is 0 Å². The zero-order valence-corrected chi connectivity index (χ0v) is 9.08. The summed E-state index contributed by atoms with van der Waals surface area (Å²) in [7, 11) is 0. The number of aliphatic hydroxyl groups is 2. The summed E-state index contributed by atoms with van der Waals surface area (Å²) < 4.78 is 0. The molecule has 0 aromatic rings. The molecule has 0 spiro atoms. The van der Waals surface area contributed by atoms with Crippen LogP contribution >= 0.6 is 0 Å². The number of aliphatic hydroxyl groups excluding tert-OH is 1. The second-order valence-corrected chi connectivity index (χ2v) is 4.38. The van der Waals surface area contributed by atoms with Gasteiger partial charge < -0.3 is 10.2 Å². The standard InChI is InChI=1S/C12H20O2/c1-9(2)11-5-4-10(3)12(14,8-11)6-7-13/h4,11,13-14H,1,5-8H2,2-3H3/t11-,12-/m1/s1. The largest absolute Gasteiger partial charge is 0.396 e. The van der Waals surface area contributed by atoms with Crippen molar-refractivity contribution in [2.45, 2.75) is 38.7 Å². The van der Waals surface area contributed by atoms with Gasteiger partial charge in [0.15, 0.2) is 0 Å². The van der Waals surface area contributed by atoms with Crippen molar-refractivity contribution in [1.29, 1.82) is 0 Å². The molecule has 0 aromatic carbocycles. The Balaban J connectivity index is 2.80. The van der Waals surface area contributed by atoms with E-state index in [0.717, 1.165) is 17.6 Å². The summed E-state index contributed by atoms with van der Waals surface area (Å²) in [4.78, 5) is 0. The van der Waals surface area contributed by atoms with Crippen LogP contribution in [0.25, 0.3) is 0 Å². The molecule has 0 aromatic heterocycles. The zero-order chi connectivity index (χ0) is 10.8. The highest BCUT2D eigenvalue weighted by atomic mass is 16.3. The Bertz CT molecular complexity index is 255. The molecule has 0 amide bonds. The summed E-state index contributed by atoms with van der Waals surface area (Å²) in [6.45, 7) is 7.89. The highest BCUT2D eigenvalue weighted by molar-refractivity contribution is 5.21. The monoisotopic (exact) mass is 196 g/mol. The van der Waals surface area contributed by atoms with Crippen LogP contribution in [-0.4, -0.2) is 22.4 Å². The van der Waals surface area contributed by atoms with E-state index in [-0.39, 0.29) is 6.61 Å². The number of rotatable bonds is 3. The van der Waals surface area contributed by atoms with Crippen molar-refractivity contribution in [2.24, 2.45) is 5.92 Å². The molecule has 1 aliphatic rings. The maximum Gasteiger partial charge on any atom is 0.0881 e. The fourth-order valence-corrected chi connectivity index (χ4v) is 2.02. The zero-order valence-electron chi connectivity index (χ0n) is 9.08. The average molecular weight is 196 g/mol. The summed E-state index contributed by atoms with van der Waals surface area (Å²) >= 11 is 0. The Kier molecular flexibility index (Phi) is 3.51. The van der Waals surface area contributed by atoms with E-state index in [4.69, 9.17) is 5.11 Å². The first kappa shape index (κ1) is 11.5. The van der Waals surface area contributed by atoms with E-state index >= 15 is 0 Å². The number of hydrogen-bond acceptors (Lipinski definition) is 2. The maximum atomic E-state index is 10.3. The molecule has 0 saturated carbocycles. The minimum Gasteiger partial charge on any atom is -0.396 e. The lowest BCUT2D eigenvalue weighted by Gasteiger charge is -2.36. The molecule has 0 fully saturated rings. The minimum absolute atomic E-state index is 0.0323. The number of hydrogen-bond donors (Lipinski definition) is 2. The van der Waals surface area contributed by atoms with Crippen molar-refractivity contribution in [2.75, 3.05) is 6.61 Å². The lowest BCUT2D eigenvalue weighted by Crippen LogP contribution is -2.36. The normalized spacial score (nSPS) is 32.6. The average Bonchev–Trinajstić information content (AvgIpc) is 2.10. The van der Waals surface area contributed by atoms with Crippen molar-refractivity contribution >= 4 is 0 Å². The molecule has 0 unspecified atom stereocenters. The fraction of sp³-hybridized carbons (Fsp3) is 0.667. The van der Waals surface area contributed by atoms with Gasteiger partial charge in [-0.25, -0.2) is 0 Å². The predicted octanol–water partition coefficient (Wildman–Crippen LogP) is 2.03. The van der Waals surface area contributed by atoms with Gasteiger partial charge >= 0.3 is 0 Å². The quantitative estimate of drug-likeness (QED) is 0.678. The topological polar surface area (TPSA) is 40.5 Å². The highest BCUT2D eigenvalue weighted by Crippen LogP contribution is 2.37. The molecule has 80 valence electrons. The van der Waals surface area contributed by atoms with Gasteiger partial charge in [-0.15, -0.1) is 0 Å². The van der Waals surface area contributed by atoms with E-state index in [1.807, 2.05) is 13.8 Å². The SMILES string of the molecule is C=C(C)[C@@H]1CC=C(C)[C@@](O)(CCO)C1. The maximum absolute atomic E-state index is 10.3. The summed E-state index contributed by atoms with van der Waals surface area (Å²) in [5.74, 6) is 0.357. The van der Waals surface area contributed by atoms with E-state index in [1.165, 1.54) is 0 Å². The first-order valence-corrected chi connectivity index (χ1v) is 5.15. The molecule has 0 saturated heterocycles. The van der Waals surface area contributed by atoms with Crippen LogP contribution in [0.5, 0.6) is 0 Å². The fourth-order valence-electron chi connectivity index (χ4n) is 2.02. The van der Waals surface area contributed by atoms with Crippen molar-refractivity contribution in [3.05, 3.63) is 23.8 Å². The van der Waals surface area contributed by atoms with E-state index in [2.05, 4.69) is 12.7 Å². The lowest BCUT2D eigenvalue weighted by molar-refractivity contribution is 0.0253. The van der Waals surface area contributed by atoms with E-state index in [1.54, 1.807) is 0 Å². The van der Waals surface area contributed by atoms with Gasteiger partial charge in [0.05, 0.1) is 5.60 Å². The van der Waals surface area contributed by atoms with Crippen LogP contribution in [0.15, 0.2) is 23.8 Å². The second kappa shape index (κ2) is 4.28. The van der Waals surface area contributed by atoms with Crippen LogP contribution in [0.3, 0.4) is 0 Å². The van der Waals surface area contributed by atoms with E-state index < -0.39 is 5.60 Å². The van der Waals surface area contributed by atoms with Crippen LogP contribution in [0.4, 0.5) is 0 Å². The minimum atomic E-state index is -0.809. The van der Waals surface area contributed by atoms with Gasteiger partial charge in [-0.1, -0.05) is 18.2 Å². The molecule has 0 heterocycles. The third-order valence-electron chi connectivity index (χ3n) is 3.25. The van der Waals surface area contributed by atoms with Crippen molar-refractivity contribution in [3.8, 4) is 0 Å². The summed E-state index contributed by atoms with van der Waals surface area (Å²) in [5.41, 5.74) is 1.30. The molecule has 0 bridgehead atoms. The van der Waals surface area contributed by atoms with Crippen molar-refractivity contribution in [1.82, 2.24) is 0 Å². The van der Waals surface area contributed by atoms with Crippen LogP contribution in [0.2, 0.25) is 0 Å². The van der Waals surface area contributed by atoms with Gasteiger partial charge in [-0.2, -0.15) is 0 Å². The molecular formula is C12H20O2. The van der Waals surface area contributed by atoms with Gasteiger partial charge in [-0.3, -0.25) is 0 Å². The van der Waals surface area contributed by atoms with Crippen LogP contribution in [0.1, 0.15) is 33.1 Å². The molecule has 2 nitrogen and oxygen atoms in total. The van der Waals surface area contributed by atoms with E-state index in [0.29, 0.717) is 18.8 Å². The summed E-state index contributed by atoms with van der Waals surface area (Å²) in [5, 5.41) is 19.2. The molecule has 14 heavy (non-hydrogen) atoms. The van der Waals surface area contributed by atoms with E-state index in [9.17, 15) is 5.11 Å². The first-order valence-electron chi connectivity index (χ1n) is 5.15. The van der Waals surface area contributed by atoms with Gasteiger partial charge in [0, 0.05) is 13.0 Å². The molecule has 2 atom stereocenters. The smallest absolute Gasteiger partial charge is 0.0881 e. The van der Waals surface area contributed by atoms with Crippen LogP contribution in [0, 0.1) is 5.92 Å². The molecule has 1 rings (SSSR count).